The third-order valence-corrected chi connectivity index (χ3v) is 8.72. The van der Waals surface area contributed by atoms with E-state index in [-0.39, 0.29) is 25.2 Å². The Morgan fingerprint density at radius 2 is 1.77 bits per heavy atom. The SMILES string of the molecule is COCC1OC(O)(C(=O)C(=O)N2CCCC[C@H]2C(=O)OC(C)C(C)=C[C@@H]2CCC(O)C(OC)C2)[C@H](C)CC1OC. The lowest BCUT2D eigenvalue weighted by molar-refractivity contribution is -0.291. The number of rotatable bonds is 10. The maximum Gasteiger partial charge on any atom is 0.329 e. The number of nitrogens with zero attached hydrogens (tertiary/aromatic N) is 1. The Kier molecular flexibility index (Phi) is 11.7. The largest absolute Gasteiger partial charge is 0.457 e. The van der Waals surface area contributed by atoms with Crippen LogP contribution in [0.25, 0.3) is 0 Å². The van der Waals surface area contributed by atoms with Gasteiger partial charge in [-0.25, -0.2) is 4.79 Å². The van der Waals surface area contributed by atoms with E-state index in [0.717, 1.165) is 12.0 Å². The molecule has 0 bridgehead atoms. The fourth-order valence-electron chi connectivity index (χ4n) is 6.02. The fraction of sp³-hybridized carbons (Fsp3) is 0.828. The first-order chi connectivity index (χ1) is 19.0. The van der Waals surface area contributed by atoms with E-state index >= 15 is 0 Å². The van der Waals surface area contributed by atoms with Crippen LogP contribution in [0.5, 0.6) is 0 Å². The molecule has 3 aliphatic rings. The fourth-order valence-corrected chi connectivity index (χ4v) is 6.02. The molecule has 0 aromatic rings. The number of esters is 1. The van der Waals surface area contributed by atoms with Crippen LogP contribution in [0.4, 0.5) is 0 Å². The first kappa shape index (κ1) is 32.6. The first-order valence-electron chi connectivity index (χ1n) is 14.3. The van der Waals surface area contributed by atoms with Gasteiger partial charge in [0.2, 0.25) is 5.79 Å². The van der Waals surface area contributed by atoms with Crippen molar-refractivity contribution < 1.29 is 48.3 Å². The van der Waals surface area contributed by atoms with Crippen LogP contribution in [-0.2, 0) is 38.1 Å². The highest BCUT2D eigenvalue weighted by Gasteiger charge is 2.55. The van der Waals surface area contributed by atoms with Crippen LogP contribution >= 0.6 is 0 Å². The maximum absolute atomic E-state index is 13.5. The number of carbonyl (C=O) groups excluding carboxylic acids is 3. The van der Waals surface area contributed by atoms with Gasteiger partial charge in [0.15, 0.2) is 0 Å². The van der Waals surface area contributed by atoms with Crippen LogP contribution in [0, 0.1) is 11.8 Å². The zero-order valence-electron chi connectivity index (χ0n) is 24.7. The third-order valence-electron chi connectivity index (χ3n) is 8.72. The highest BCUT2D eigenvalue weighted by atomic mass is 16.7. The number of ether oxygens (including phenoxy) is 5. The lowest BCUT2D eigenvalue weighted by atomic mass is 9.84. The van der Waals surface area contributed by atoms with E-state index < -0.39 is 59.8 Å². The summed E-state index contributed by atoms with van der Waals surface area (Å²) in [6.07, 6.45) is 3.78. The van der Waals surface area contributed by atoms with Crippen molar-refractivity contribution in [2.24, 2.45) is 11.8 Å². The van der Waals surface area contributed by atoms with E-state index in [9.17, 15) is 24.6 Å². The predicted molar refractivity (Wildman–Crippen MR) is 144 cm³/mol. The van der Waals surface area contributed by atoms with Crippen LogP contribution in [-0.4, -0.2) is 110 Å². The van der Waals surface area contributed by atoms with Crippen LogP contribution in [0.1, 0.15) is 65.7 Å². The molecule has 3 fully saturated rings. The van der Waals surface area contributed by atoms with Gasteiger partial charge in [0, 0.05) is 33.8 Å². The Morgan fingerprint density at radius 1 is 1.07 bits per heavy atom. The number of amides is 1. The summed E-state index contributed by atoms with van der Waals surface area (Å²) in [4.78, 5) is 41.4. The zero-order chi connectivity index (χ0) is 29.6. The minimum absolute atomic E-state index is 0.0754. The van der Waals surface area contributed by atoms with Gasteiger partial charge in [-0.3, -0.25) is 9.59 Å². The number of carbonyl (C=O) groups is 3. The zero-order valence-corrected chi connectivity index (χ0v) is 24.7. The van der Waals surface area contributed by atoms with Gasteiger partial charge in [0.05, 0.1) is 24.9 Å². The molecule has 1 saturated carbocycles. The van der Waals surface area contributed by atoms with Gasteiger partial charge in [-0.05, 0) is 70.3 Å². The molecule has 2 N–H and O–H groups in total. The molecule has 2 heterocycles. The summed E-state index contributed by atoms with van der Waals surface area (Å²) in [7, 11) is 4.57. The summed E-state index contributed by atoms with van der Waals surface area (Å²) in [6, 6.07) is -0.938. The molecule has 11 nitrogen and oxygen atoms in total. The molecule has 11 heteroatoms. The number of ketones is 1. The predicted octanol–water partition coefficient (Wildman–Crippen LogP) is 1.77. The Balaban J connectivity index is 1.68. The smallest absolute Gasteiger partial charge is 0.329 e. The van der Waals surface area contributed by atoms with Crippen LogP contribution in [0.2, 0.25) is 0 Å². The molecule has 2 aliphatic heterocycles. The average molecular weight is 570 g/mol. The van der Waals surface area contributed by atoms with Gasteiger partial charge in [-0.1, -0.05) is 13.0 Å². The van der Waals surface area contributed by atoms with Gasteiger partial charge in [0.25, 0.3) is 11.7 Å². The molecule has 2 saturated heterocycles. The molecule has 6 unspecified atom stereocenters. The molecule has 0 aromatic carbocycles. The summed E-state index contributed by atoms with van der Waals surface area (Å²) in [6.45, 7) is 5.56. The molecular formula is C29H47NO10. The van der Waals surface area contributed by atoms with Gasteiger partial charge in [-0.2, -0.15) is 0 Å². The van der Waals surface area contributed by atoms with Crippen molar-refractivity contribution in [2.45, 2.75) is 108 Å². The maximum atomic E-state index is 13.5. The van der Waals surface area contributed by atoms with E-state index in [1.165, 1.54) is 19.1 Å². The molecule has 0 spiro atoms. The lowest BCUT2D eigenvalue weighted by Crippen LogP contribution is -2.63. The number of Topliss-reactive ketones (excluding diaryl/α,β-unsaturated/α-hetero) is 1. The molecule has 3 rings (SSSR count). The second-order valence-corrected chi connectivity index (χ2v) is 11.5. The summed E-state index contributed by atoms with van der Waals surface area (Å²) >= 11 is 0. The van der Waals surface area contributed by atoms with Crippen molar-refractivity contribution in [1.29, 1.82) is 0 Å². The summed E-state index contributed by atoms with van der Waals surface area (Å²) in [5, 5.41) is 21.4. The van der Waals surface area contributed by atoms with Crippen LogP contribution in [0.15, 0.2) is 11.6 Å². The number of hydrogen-bond acceptors (Lipinski definition) is 10. The quantitative estimate of drug-likeness (QED) is 0.227. The Hall–Kier alpha value is -1.89. The molecule has 0 aromatic heterocycles. The van der Waals surface area contributed by atoms with E-state index in [0.29, 0.717) is 38.5 Å². The monoisotopic (exact) mass is 569 g/mol. The minimum atomic E-state index is -2.36. The van der Waals surface area contributed by atoms with E-state index in [4.69, 9.17) is 23.7 Å². The number of aliphatic hydroxyl groups is 2. The lowest BCUT2D eigenvalue weighted by Gasteiger charge is -2.44. The number of allylic oxidation sites excluding steroid dienone is 1. The van der Waals surface area contributed by atoms with Crippen LogP contribution < -0.4 is 0 Å². The van der Waals surface area contributed by atoms with Crippen molar-refractivity contribution in [3.63, 3.8) is 0 Å². The van der Waals surface area contributed by atoms with Gasteiger partial charge in [-0.15, -0.1) is 0 Å². The molecular weight excluding hydrogens is 522 g/mol. The number of hydrogen-bond donors (Lipinski definition) is 2. The standard InChI is InChI=1S/C29H47NO10/c1-17(13-20-10-11-22(31)23(15-20)37-5)19(3)39-28(34)21-9-7-8-12-30(21)27(33)26(32)29(35)18(2)14-24(38-6)25(40-29)16-36-4/h13,18-25,31,35H,7-12,14-16H2,1-6H3/t18-,19?,20+,21+,22?,23?,24?,25?,29?/m1/s1. The van der Waals surface area contributed by atoms with Crippen molar-refractivity contribution in [2.75, 3.05) is 34.5 Å². The van der Waals surface area contributed by atoms with Gasteiger partial charge in [0.1, 0.15) is 18.2 Å². The van der Waals surface area contributed by atoms with Crippen molar-refractivity contribution in [3.8, 4) is 0 Å². The van der Waals surface area contributed by atoms with E-state index in [1.807, 2.05) is 6.92 Å². The molecule has 9 atom stereocenters. The second-order valence-electron chi connectivity index (χ2n) is 11.5. The Bertz CT molecular complexity index is 924. The van der Waals surface area contributed by atoms with Crippen molar-refractivity contribution >= 4 is 17.7 Å². The highest BCUT2D eigenvalue weighted by Crippen LogP contribution is 2.36. The van der Waals surface area contributed by atoms with E-state index in [2.05, 4.69) is 6.08 Å². The second kappa shape index (κ2) is 14.3. The van der Waals surface area contributed by atoms with Gasteiger partial charge < -0.3 is 38.8 Å². The Labute approximate surface area is 237 Å². The molecule has 1 amide bonds. The van der Waals surface area contributed by atoms with Crippen LogP contribution in [0.3, 0.4) is 0 Å². The summed E-state index contributed by atoms with van der Waals surface area (Å²) < 4.78 is 27.5. The topological polar surface area (TPSA) is 141 Å². The highest BCUT2D eigenvalue weighted by molar-refractivity contribution is 6.39. The molecule has 1 aliphatic carbocycles. The first-order valence-corrected chi connectivity index (χ1v) is 14.3. The minimum Gasteiger partial charge on any atom is -0.457 e. The van der Waals surface area contributed by atoms with Crippen molar-refractivity contribution in [1.82, 2.24) is 4.90 Å². The summed E-state index contributed by atoms with van der Waals surface area (Å²) in [5.41, 5.74) is 0.866. The third kappa shape index (κ3) is 7.30. The number of piperidine rings is 1. The number of methoxy groups -OCH3 is 3. The molecule has 0 radical (unpaired) electrons. The van der Waals surface area contributed by atoms with Crippen molar-refractivity contribution in [3.05, 3.63) is 11.6 Å². The number of likely N-dealkylation sites (tertiary alicyclic amines) is 1. The average Bonchev–Trinajstić information content (AvgIpc) is 2.94. The normalized spacial score (nSPS) is 36.1. The molecule has 40 heavy (non-hydrogen) atoms. The summed E-state index contributed by atoms with van der Waals surface area (Å²) in [5.74, 6) is -5.54. The van der Waals surface area contributed by atoms with E-state index in [1.54, 1.807) is 21.0 Å². The number of aliphatic hydroxyl groups excluding tert-OH is 1. The molecule has 228 valence electrons. The van der Waals surface area contributed by atoms with Gasteiger partial charge >= 0.3 is 5.97 Å². The Morgan fingerprint density at radius 3 is 2.42 bits per heavy atom.